The lowest BCUT2D eigenvalue weighted by molar-refractivity contribution is -0.138. The van der Waals surface area contributed by atoms with E-state index >= 15 is 0 Å². The van der Waals surface area contributed by atoms with Crippen molar-refractivity contribution in [3.05, 3.63) is 199 Å². The molecule has 0 radical (unpaired) electrons. The molecule has 54 heavy (non-hydrogen) atoms. The molecular weight excluding hydrogens is 687 g/mol. The van der Waals surface area contributed by atoms with Crippen molar-refractivity contribution in [1.82, 2.24) is 9.13 Å². The Morgan fingerprint density at radius 3 is 1.94 bits per heavy atom. The first kappa shape index (κ1) is 34.8. The molecule has 1 atom stereocenters. The van der Waals surface area contributed by atoms with Crippen LogP contribution in [0.15, 0.2) is 167 Å². The molecule has 7 heteroatoms. The molecule has 0 N–H and O–H groups in total. The Morgan fingerprint density at radius 2 is 1.35 bits per heavy atom. The second kappa shape index (κ2) is 15.0. The molecule has 0 saturated heterocycles. The number of carbonyl (C=O) groups is 1. The van der Waals surface area contributed by atoms with Gasteiger partial charge < -0.3 is 9.30 Å². The highest BCUT2D eigenvalue weighted by Crippen LogP contribution is 2.38. The molecule has 1 aliphatic heterocycles. The van der Waals surface area contributed by atoms with E-state index in [1.54, 1.807) is 11.5 Å². The number of carbonyl (C=O) groups excluding carboxylic acids is 1. The Hall–Kier alpha value is -6.31. The largest absolute Gasteiger partial charge is 0.463 e. The number of hydrogen-bond acceptors (Lipinski definition) is 5. The average Bonchev–Trinajstić information content (AvgIpc) is 3.75. The Bertz CT molecular complexity index is 2660. The summed E-state index contributed by atoms with van der Waals surface area (Å²) < 4.78 is 10.1. The maximum absolute atomic E-state index is 14.9. The Balaban J connectivity index is 1.42. The van der Waals surface area contributed by atoms with Gasteiger partial charge in [-0.2, -0.15) is 0 Å². The van der Waals surface area contributed by atoms with E-state index in [4.69, 9.17) is 9.73 Å². The van der Waals surface area contributed by atoms with Crippen LogP contribution in [0.2, 0.25) is 0 Å². The van der Waals surface area contributed by atoms with E-state index in [1.807, 2.05) is 103 Å². The van der Waals surface area contributed by atoms with Gasteiger partial charge in [0.25, 0.3) is 5.56 Å². The fraction of sp³-hybridized carbons (Fsp3) is 0.128. The van der Waals surface area contributed by atoms with Gasteiger partial charge in [-0.05, 0) is 59.4 Å². The Morgan fingerprint density at radius 1 is 0.778 bits per heavy atom. The minimum Gasteiger partial charge on any atom is -0.463 e. The number of benzene rings is 5. The summed E-state index contributed by atoms with van der Waals surface area (Å²) in [6.07, 6.45) is 1.98. The molecule has 0 fully saturated rings. The van der Waals surface area contributed by atoms with Crippen LogP contribution in [-0.2, 0) is 9.53 Å². The summed E-state index contributed by atoms with van der Waals surface area (Å²) in [6, 6.07) is 50.1. The van der Waals surface area contributed by atoms with Crippen LogP contribution >= 0.6 is 11.3 Å². The summed E-state index contributed by atoms with van der Waals surface area (Å²) in [4.78, 5) is 34.5. The van der Waals surface area contributed by atoms with Crippen LogP contribution in [-0.4, -0.2) is 21.7 Å². The standard InChI is InChI=1S/C47H39N3O3S/c1-4-53-46(52)41-42(34-19-11-6-12-20-34)48-47-50(44(41)36-27-25-32(26-28-36)31(2)3)45(51)40(54-47)30-37-29-39(33-17-9-5-10-18-33)49(38-23-15-8-16-24-38)43(37)35-21-13-7-14-22-35/h5-31,44H,4H2,1-3H3/b40-30-/t44-/m0/s1. The minimum atomic E-state index is -0.749. The van der Waals surface area contributed by atoms with Crippen LogP contribution in [0, 0.1) is 0 Å². The van der Waals surface area contributed by atoms with Crippen molar-refractivity contribution in [3.8, 4) is 28.2 Å². The van der Waals surface area contributed by atoms with Gasteiger partial charge in [-0.1, -0.05) is 159 Å². The summed E-state index contributed by atoms with van der Waals surface area (Å²) in [5.41, 5.74) is 9.30. The third kappa shape index (κ3) is 6.48. The van der Waals surface area contributed by atoms with Gasteiger partial charge >= 0.3 is 5.97 Å². The van der Waals surface area contributed by atoms with Crippen LogP contribution in [0.25, 0.3) is 40.0 Å². The topological polar surface area (TPSA) is 65.6 Å². The molecule has 0 saturated carbocycles. The van der Waals surface area contributed by atoms with Crippen LogP contribution in [0.1, 0.15) is 55.0 Å². The van der Waals surface area contributed by atoms with Crippen LogP contribution in [0.4, 0.5) is 0 Å². The normalized spacial score (nSPS) is 14.2. The number of hydrogen-bond donors (Lipinski definition) is 0. The van der Waals surface area contributed by atoms with Crippen LogP contribution in [0.5, 0.6) is 0 Å². The highest BCUT2D eigenvalue weighted by Gasteiger charge is 2.35. The maximum atomic E-state index is 14.9. The smallest absolute Gasteiger partial charge is 0.338 e. The summed E-state index contributed by atoms with van der Waals surface area (Å²) >= 11 is 1.33. The number of ether oxygens (including phenoxy) is 1. The molecule has 1 aliphatic rings. The van der Waals surface area contributed by atoms with E-state index in [1.165, 1.54) is 16.9 Å². The molecule has 6 nitrogen and oxygen atoms in total. The number of esters is 1. The van der Waals surface area contributed by atoms with E-state index in [0.29, 0.717) is 26.5 Å². The van der Waals surface area contributed by atoms with Gasteiger partial charge in [0.1, 0.15) is 0 Å². The molecule has 0 amide bonds. The van der Waals surface area contributed by atoms with Gasteiger partial charge in [0, 0.05) is 16.8 Å². The maximum Gasteiger partial charge on any atom is 0.338 e. The molecule has 8 rings (SSSR count). The fourth-order valence-corrected chi connectivity index (χ4v) is 8.15. The quantitative estimate of drug-likeness (QED) is 0.140. The zero-order chi connectivity index (χ0) is 37.2. The molecule has 3 heterocycles. The number of nitrogens with zero attached hydrogens (tertiary/aromatic N) is 3. The second-order valence-corrected chi connectivity index (χ2v) is 14.5. The lowest BCUT2D eigenvalue weighted by Gasteiger charge is -2.26. The molecule has 5 aromatic carbocycles. The zero-order valence-electron chi connectivity index (χ0n) is 30.3. The first-order chi connectivity index (χ1) is 26.4. The lowest BCUT2D eigenvalue weighted by Crippen LogP contribution is -2.40. The summed E-state index contributed by atoms with van der Waals surface area (Å²) in [6.45, 7) is 6.28. The minimum absolute atomic E-state index is 0.193. The van der Waals surface area contributed by atoms with E-state index in [9.17, 15) is 9.59 Å². The molecule has 2 aromatic heterocycles. The van der Waals surface area contributed by atoms with Gasteiger partial charge in [0.2, 0.25) is 0 Å². The molecule has 7 aromatic rings. The van der Waals surface area contributed by atoms with Crippen LogP contribution in [0.3, 0.4) is 0 Å². The molecule has 0 unspecified atom stereocenters. The van der Waals surface area contributed by atoms with Crippen molar-refractivity contribution in [2.24, 2.45) is 4.99 Å². The van der Waals surface area contributed by atoms with Crippen molar-refractivity contribution in [2.75, 3.05) is 6.61 Å². The third-order valence-electron chi connectivity index (χ3n) is 9.74. The molecule has 0 bridgehead atoms. The fourth-order valence-electron chi connectivity index (χ4n) is 7.16. The first-order valence-electron chi connectivity index (χ1n) is 18.2. The van der Waals surface area contributed by atoms with Gasteiger partial charge in [-0.15, -0.1) is 0 Å². The molecule has 0 spiro atoms. The highest BCUT2D eigenvalue weighted by atomic mass is 32.1. The number of aromatic nitrogens is 2. The van der Waals surface area contributed by atoms with Gasteiger partial charge in [-0.3, -0.25) is 9.36 Å². The first-order valence-corrected chi connectivity index (χ1v) is 19.0. The van der Waals surface area contributed by atoms with Crippen molar-refractivity contribution >= 4 is 29.1 Å². The summed E-state index contributed by atoms with van der Waals surface area (Å²) in [5.74, 6) is -0.171. The van der Waals surface area contributed by atoms with Gasteiger partial charge in [0.15, 0.2) is 4.80 Å². The van der Waals surface area contributed by atoms with Crippen molar-refractivity contribution in [2.45, 2.75) is 32.7 Å². The second-order valence-electron chi connectivity index (χ2n) is 13.5. The Kier molecular flexibility index (Phi) is 9.64. The van der Waals surface area contributed by atoms with Crippen molar-refractivity contribution in [1.29, 1.82) is 0 Å². The number of fused-ring (bicyclic) bond motifs is 1. The zero-order valence-corrected chi connectivity index (χ0v) is 31.2. The summed E-state index contributed by atoms with van der Waals surface area (Å²) in [7, 11) is 0. The number of thiazole rings is 1. The lowest BCUT2D eigenvalue weighted by atomic mass is 9.91. The SMILES string of the molecule is CCOC(=O)C1=C(c2ccccc2)N=c2s/c(=C\c3cc(-c4ccccc4)n(-c4ccccc4)c3-c3ccccc3)c(=O)n2[C@H]1c1ccc(C(C)C)cc1. The van der Waals surface area contributed by atoms with Crippen LogP contribution < -0.4 is 14.9 Å². The summed E-state index contributed by atoms with van der Waals surface area (Å²) in [5, 5.41) is 0. The van der Waals surface area contributed by atoms with Crippen molar-refractivity contribution < 1.29 is 9.53 Å². The van der Waals surface area contributed by atoms with E-state index in [-0.39, 0.29) is 12.2 Å². The molecule has 0 aliphatic carbocycles. The monoisotopic (exact) mass is 725 g/mol. The van der Waals surface area contributed by atoms with E-state index in [2.05, 4.69) is 73.0 Å². The predicted molar refractivity (Wildman–Crippen MR) is 218 cm³/mol. The highest BCUT2D eigenvalue weighted by molar-refractivity contribution is 7.07. The van der Waals surface area contributed by atoms with E-state index in [0.717, 1.165) is 44.9 Å². The average molecular weight is 726 g/mol. The van der Waals surface area contributed by atoms with Gasteiger partial charge in [-0.25, -0.2) is 9.79 Å². The predicted octanol–water partition coefficient (Wildman–Crippen LogP) is 9.18. The van der Waals surface area contributed by atoms with E-state index < -0.39 is 12.0 Å². The number of rotatable bonds is 9. The Labute approximate surface area is 318 Å². The van der Waals surface area contributed by atoms with Crippen molar-refractivity contribution in [3.63, 3.8) is 0 Å². The third-order valence-corrected chi connectivity index (χ3v) is 10.7. The number of para-hydroxylation sites is 1. The molecular formula is C47H39N3O3S. The molecule has 266 valence electrons. The van der Waals surface area contributed by atoms with Gasteiger partial charge in [0.05, 0.1) is 39.8 Å².